The summed E-state index contributed by atoms with van der Waals surface area (Å²) < 4.78 is 23.8. The third-order valence-electron chi connectivity index (χ3n) is 10.9. The lowest BCUT2D eigenvalue weighted by Crippen LogP contribution is -2.40. The van der Waals surface area contributed by atoms with Gasteiger partial charge in [0.15, 0.2) is 23.0 Å². The van der Waals surface area contributed by atoms with Crippen molar-refractivity contribution in [3.05, 3.63) is 134 Å². The fraction of sp³-hybridized carbons (Fsp3) is 0.233. The van der Waals surface area contributed by atoms with E-state index >= 15 is 0 Å². The summed E-state index contributed by atoms with van der Waals surface area (Å²) >= 11 is 0. The monoisotopic (exact) mass is 751 g/mol. The lowest BCUT2D eigenvalue weighted by molar-refractivity contribution is -0.385. The van der Waals surface area contributed by atoms with Crippen LogP contribution in [0.2, 0.25) is 0 Å². The standard InChI is InChI=1S/C43H37N5O8/c1-24-37-16-28-9-5-7-11-36(28)47(37)43(50)32-18-39(54-3)41(20-34(32)45-24)56-23-26-12-25(13-29(14-26)48(51)52)22-55-40-19-33-31(17-38(40)53-2)42(49)46-30(21-44-33)15-27-8-4-6-10-35(27)46/h4-14,17-20,30,37,44H,15-16,21-23H2,1-3H3/t30-,37-/m0/s1. The van der Waals surface area contributed by atoms with Crippen LogP contribution in [0.3, 0.4) is 0 Å². The molecule has 9 rings (SSSR count). The lowest BCUT2D eigenvalue weighted by atomic mass is 10.1. The maximum atomic E-state index is 14.0. The lowest BCUT2D eigenvalue weighted by Gasteiger charge is -2.23. The van der Waals surface area contributed by atoms with Gasteiger partial charge >= 0.3 is 0 Å². The highest BCUT2D eigenvalue weighted by Crippen LogP contribution is 2.43. The van der Waals surface area contributed by atoms with Crippen molar-refractivity contribution in [3.8, 4) is 23.0 Å². The third-order valence-corrected chi connectivity index (χ3v) is 10.9. The number of methoxy groups -OCH3 is 2. The average Bonchev–Trinajstić information content (AvgIpc) is 3.73. The van der Waals surface area contributed by atoms with Crippen LogP contribution in [0.25, 0.3) is 0 Å². The Morgan fingerprint density at radius 2 is 1.34 bits per heavy atom. The van der Waals surface area contributed by atoms with Gasteiger partial charge in [-0.25, -0.2) is 0 Å². The number of carbonyl (C=O) groups excluding carboxylic acids is 2. The Morgan fingerprint density at radius 1 is 0.750 bits per heavy atom. The molecule has 5 aromatic carbocycles. The molecule has 1 N–H and O–H groups in total. The number of nitrogens with zero attached hydrogens (tertiary/aromatic N) is 4. The average molecular weight is 752 g/mol. The zero-order valence-electron chi connectivity index (χ0n) is 30.9. The van der Waals surface area contributed by atoms with E-state index in [1.165, 1.54) is 26.4 Å². The molecule has 0 saturated heterocycles. The Bertz CT molecular complexity index is 2500. The number of ether oxygens (including phenoxy) is 4. The number of anilines is 3. The second kappa shape index (κ2) is 13.8. The highest BCUT2D eigenvalue weighted by atomic mass is 16.6. The maximum Gasteiger partial charge on any atom is 0.270 e. The highest BCUT2D eigenvalue weighted by molar-refractivity contribution is 6.17. The predicted octanol–water partition coefficient (Wildman–Crippen LogP) is 7.44. The number of amides is 2. The number of carbonyl (C=O) groups is 2. The smallest absolute Gasteiger partial charge is 0.270 e. The molecule has 56 heavy (non-hydrogen) atoms. The number of non-ortho nitro benzene ring substituents is 1. The molecule has 2 atom stereocenters. The number of nitro groups is 1. The van der Waals surface area contributed by atoms with Gasteiger partial charge in [-0.2, -0.15) is 0 Å². The van der Waals surface area contributed by atoms with Crippen molar-refractivity contribution in [3.63, 3.8) is 0 Å². The largest absolute Gasteiger partial charge is 0.493 e. The van der Waals surface area contributed by atoms with Crippen LogP contribution >= 0.6 is 0 Å². The van der Waals surface area contributed by atoms with Crippen LogP contribution in [0.5, 0.6) is 23.0 Å². The first-order valence-electron chi connectivity index (χ1n) is 18.3. The molecule has 4 heterocycles. The van der Waals surface area contributed by atoms with Crippen molar-refractivity contribution in [1.82, 2.24) is 0 Å². The number of nitrogens with one attached hydrogen (secondary N) is 1. The van der Waals surface area contributed by atoms with Gasteiger partial charge in [-0.3, -0.25) is 29.6 Å². The van der Waals surface area contributed by atoms with Crippen LogP contribution in [0.15, 0.2) is 96.0 Å². The summed E-state index contributed by atoms with van der Waals surface area (Å²) in [6.07, 6.45) is 1.43. The summed E-state index contributed by atoms with van der Waals surface area (Å²) in [6, 6.07) is 27.0. The molecule has 5 aromatic rings. The fourth-order valence-electron chi connectivity index (χ4n) is 8.20. The van der Waals surface area contributed by atoms with Gasteiger partial charge in [0.25, 0.3) is 17.5 Å². The molecule has 13 nitrogen and oxygen atoms in total. The quantitative estimate of drug-likeness (QED) is 0.120. The fourth-order valence-corrected chi connectivity index (χ4v) is 8.20. The van der Waals surface area contributed by atoms with Gasteiger partial charge < -0.3 is 29.2 Å². The van der Waals surface area contributed by atoms with Gasteiger partial charge in [0.2, 0.25) is 0 Å². The van der Waals surface area contributed by atoms with Gasteiger partial charge in [-0.15, -0.1) is 0 Å². The molecular weight excluding hydrogens is 714 g/mol. The summed E-state index contributed by atoms with van der Waals surface area (Å²) in [4.78, 5) is 47.9. The van der Waals surface area contributed by atoms with Gasteiger partial charge in [-0.1, -0.05) is 36.4 Å². The topological polar surface area (TPSA) is 145 Å². The number of fused-ring (bicyclic) bond motifs is 8. The van der Waals surface area contributed by atoms with E-state index in [9.17, 15) is 19.7 Å². The Hall–Kier alpha value is -6.89. The van der Waals surface area contributed by atoms with Crippen LogP contribution in [0.1, 0.15) is 49.9 Å². The van der Waals surface area contributed by atoms with Crippen LogP contribution in [0, 0.1) is 10.1 Å². The number of aliphatic imine (C=N–C) groups is 1. The Kier molecular flexibility index (Phi) is 8.56. The van der Waals surface area contributed by atoms with E-state index in [1.54, 1.807) is 35.2 Å². The van der Waals surface area contributed by atoms with Crippen molar-refractivity contribution in [1.29, 1.82) is 0 Å². The van der Waals surface area contributed by atoms with E-state index in [1.807, 2.05) is 60.4 Å². The van der Waals surface area contributed by atoms with Crippen LogP contribution in [-0.4, -0.2) is 55.3 Å². The highest BCUT2D eigenvalue weighted by Gasteiger charge is 2.40. The molecule has 0 aromatic heterocycles. The molecule has 13 heteroatoms. The van der Waals surface area contributed by atoms with Crippen molar-refractivity contribution in [2.45, 2.75) is 45.1 Å². The van der Waals surface area contributed by atoms with Gasteiger partial charge in [0.1, 0.15) is 13.2 Å². The van der Waals surface area contributed by atoms with Crippen LogP contribution in [0.4, 0.5) is 28.4 Å². The maximum absolute atomic E-state index is 14.0. The van der Waals surface area contributed by atoms with E-state index in [0.29, 0.717) is 69.6 Å². The van der Waals surface area contributed by atoms with Crippen molar-refractivity contribution in [2.75, 3.05) is 35.9 Å². The van der Waals surface area contributed by atoms with E-state index < -0.39 is 4.92 Å². The van der Waals surface area contributed by atoms with Gasteiger partial charge in [-0.05, 0) is 65.9 Å². The number of benzene rings is 5. The number of hydrogen-bond acceptors (Lipinski definition) is 10. The summed E-state index contributed by atoms with van der Waals surface area (Å²) in [5.74, 6) is 1.10. The molecule has 2 amide bonds. The SMILES string of the molecule is COc1cc2c(cc1OCc1cc(COc3cc4c(cc3OC)C(=O)N3c5ccccc5C[C@H]3CN4)cc([N+](=O)[O-])c1)N=C(C)[C@@H]1Cc3ccccc3N1C2=O. The zero-order chi connectivity index (χ0) is 38.7. The number of rotatable bonds is 9. The first kappa shape index (κ1) is 34.9. The molecule has 4 aliphatic rings. The van der Waals surface area contributed by atoms with Gasteiger partial charge in [0, 0.05) is 54.3 Å². The third kappa shape index (κ3) is 5.92. The molecule has 0 unspecified atom stereocenters. The summed E-state index contributed by atoms with van der Waals surface area (Å²) in [5.41, 5.74) is 7.65. The predicted molar refractivity (Wildman–Crippen MR) is 210 cm³/mol. The first-order valence-corrected chi connectivity index (χ1v) is 18.3. The normalized spacial score (nSPS) is 17.5. The second-order valence-electron chi connectivity index (χ2n) is 14.2. The number of hydrogen-bond donors (Lipinski definition) is 1. The molecule has 4 aliphatic heterocycles. The Labute approximate surface area is 322 Å². The minimum Gasteiger partial charge on any atom is -0.493 e. The molecule has 0 radical (unpaired) electrons. The molecule has 0 bridgehead atoms. The second-order valence-corrected chi connectivity index (χ2v) is 14.2. The molecule has 0 aliphatic carbocycles. The molecule has 0 saturated carbocycles. The molecule has 0 spiro atoms. The van der Waals surface area contributed by atoms with E-state index in [-0.39, 0.29) is 42.8 Å². The van der Waals surface area contributed by atoms with Crippen molar-refractivity contribution in [2.24, 2.45) is 4.99 Å². The summed E-state index contributed by atoms with van der Waals surface area (Å²) in [6.45, 7) is 2.40. The van der Waals surface area contributed by atoms with Crippen LogP contribution in [-0.2, 0) is 26.1 Å². The summed E-state index contributed by atoms with van der Waals surface area (Å²) in [5, 5.41) is 15.5. The number of nitro benzene ring substituents is 1. The van der Waals surface area contributed by atoms with E-state index in [0.717, 1.165) is 34.6 Å². The van der Waals surface area contributed by atoms with E-state index in [2.05, 4.69) is 5.32 Å². The zero-order valence-corrected chi connectivity index (χ0v) is 30.9. The van der Waals surface area contributed by atoms with Gasteiger partial charge in [0.05, 0.1) is 53.7 Å². The minimum absolute atomic E-state index is 0.0288. The Balaban J connectivity index is 0.955. The van der Waals surface area contributed by atoms with Crippen LogP contribution < -0.4 is 34.1 Å². The molecule has 282 valence electrons. The Morgan fingerprint density at radius 3 is 2.00 bits per heavy atom. The first-order chi connectivity index (χ1) is 27.2. The number of para-hydroxylation sites is 2. The summed E-state index contributed by atoms with van der Waals surface area (Å²) in [7, 11) is 2.99. The van der Waals surface area contributed by atoms with E-state index in [4.69, 9.17) is 23.9 Å². The van der Waals surface area contributed by atoms with Crippen molar-refractivity contribution < 1.29 is 33.5 Å². The molecular formula is C43H37N5O8. The van der Waals surface area contributed by atoms with Crippen molar-refractivity contribution >= 4 is 46.0 Å². The molecule has 0 fully saturated rings. The minimum atomic E-state index is -0.466.